The molecule has 0 aliphatic carbocycles. The highest BCUT2D eigenvalue weighted by Gasteiger charge is 2.25. The molecule has 1 aliphatic rings. The van der Waals surface area contributed by atoms with Crippen LogP contribution in [0.25, 0.3) is 22.3 Å². The molecular weight excluding hydrogens is 473 g/mol. The average Bonchev–Trinajstić information content (AvgIpc) is 2.92. The molecule has 0 amide bonds. The van der Waals surface area contributed by atoms with E-state index in [-0.39, 0.29) is 29.8 Å². The Kier molecular flexibility index (Phi) is 9.68. The van der Waals surface area contributed by atoms with E-state index in [0.717, 1.165) is 24.0 Å². The molecule has 1 fully saturated rings. The van der Waals surface area contributed by atoms with Gasteiger partial charge in [-0.05, 0) is 67.0 Å². The second kappa shape index (κ2) is 13.1. The Balaban J connectivity index is 1.38. The van der Waals surface area contributed by atoms with Gasteiger partial charge < -0.3 is 9.47 Å². The van der Waals surface area contributed by atoms with Crippen molar-refractivity contribution in [3.8, 4) is 28.0 Å². The number of halogens is 3. The van der Waals surface area contributed by atoms with E-state index in [1.54, 1.807) is 31.2 Å². The molecule has 2 nitrogen and oxygen atoms in total. The largest absolute Gasteiger partial charge is 0.491 e. The van der Waals surface area contributed by atoms with Gasteiger partial charge in [0.2, 0.25) is 5.82 Å². The van der Waals surface area contributed by atoms with Crippen LogP contribution in [0.3, 0.4) is 0 Å². The molecule has 0 radical (unpaired) electrons. The first-order valence-corrected chi connectivity index (χ1v) is 13.6. The average molecular weight is 511 g/mol. The number of hydrogen-bond acceptors (Lipinski definition) is 2. The van der Waals surface area contributed by atoms with E-state index in [4.69, 9.17) is 9.47 Å². The standard InChI is InChI=1S/C32H37F3O2/c1-3-5-6-7-8-9-22-10-18-29(37-21-22)27-16-15-25(20-28(27)33)23-11-13-24(14-12-23)26-17-19-30(36-4-2)32(35)31(26)34/h11-17,19-20,22,29H,3-10,18,21H2,1-2H3. The van der Waals surface area contributed by atoms with Crippen molar-refractivity contribution in [3.63, 3.8) is 0 Å². The number of ether oxygens (including phenoxy) is 2. The summed E-state index contributed by atoms with van der Waals surface area (Å²) in [5, 5.41) is 0. The summed E-state index contributed by atoms with van der Waals surface area (Å²) in [6.07, 6.45) is 9.32. The molecule has 2 atom stereocenters. The summed E-state index contributed by atoms with van der Waals surface area (Å²) in [6, 6.07) is 15.2. The van der Waals surface area contributed by atoms with Crippen molar-refractivity contribution in [2.75, 3.05) is 13.2 Å². The fourth-order valence-electron chi connectivity index (χ4n) is 5.15. The Hall–Kier alpha value is -2.79. The zero-order valence-electron chi connectivity index (χ0n) is 21.9. The fourth-order valence-corrected chi connectivity index (χ4v) is 5.15. The molecule has 1 aliphatic heterocycles. The lowest BCUT2D eigenvalue weighted by atomic mass is 9.90. The molecule has 0 saturated carbocycles. The second-order valence-corrected chi connectivity index (χ2v) is 9.95. The van der Waals surface area contributed by atoms with Crippen molar-refractivity contribution in [3.05, 3.63) is 77.6 Å². The monoisotopic (exact) mass is 510 g/mol. The lowest BCUT2D eigenvalue weighted by Gasteiger charge is -2.29. The predicted molar refractivity (Wildman–Crippen MR) is 143 cm³/mol. The minimum atomic E-state index is -0.996. The molecule has 0 aromatic heterocycles. The molecule has 0 spiro atoms. The van der Waals surface area contributed by atoms with Gasteiger partial charge in [0, 0.05) is 11.1 Å². The number of rotatable bonds is 11. The first-order chi connectivity index (χ1) is 18.0. The van der Waals surface area contributed by atoms with Crippen LogP contribution in [0.5, 0.6) is 5.75 Å². The summed E-state index contributed by atoms with van der Waals surface area (Å²) >= 11 is 0. The second-order valence-electron chi connectivity index (χ2n) is 9.95. The van der Waals surface area contributed by atoms with E-state index < -0.39 is 11.6 Å². The van der Waals surface area contributed by atoms with E-state index in [1.807, 2.05) is 12.1 Å². The van der Waals surface area contributed by atoms with Gasteiger partial charge in [0.15, 0.2) is 11.6 Å². The van der Waals surface area contributed by atoms with Crippen molar-refractivity contribution < 1.29 is 22.6 Å². The van der Waals surface area contributed by atoms with Crippen LogP contribution in [0.1, 0.15) is 76.9 Å². The lowest BCUT2D eigenvalue weighted by Crippen LogP contribution is -2.21. The highest BCUT2D eigenvalue weighted by molar-refractivity contribution is 5.71. The van der Waals surface area contributed by atoms with Gasteiger partial charge in [0.25, 0.3) is 0 Å². The molecule has 2 unspecified atom stereocenters. The molecule has 5 heteroatoms. The first-order valence-electron chi connectivity index (χ1n) is 13.6. The summed E-state index contributed by atoms with van der Waals surface area (Å²) in [7, 11) is 0. The van der Waals surface area contributed by atoms with Crippen molar-refractivity contribution in [1.29, 1.82) is 0 Å². The first kappa shape index (κ1) is 27.3. The third kappa shape index (κ3) is 6.75. The molecule has 1 heterocycles. The minimum Gasteiger partial charge on any atom is -0.491 e. The van der Waals surface area contributed by atoms with E-state index in [0.29, 0.717) is 23.7 Å². The third-order valence-electron chi connectivity index (χ3n) is 7.31. The van der Waals surface area contributed by atoms with E-state index in [9.17, 15) is 8.78 Å². The molecule has 0 N–H and O–H groups in total. The normalized spacial score (nSPS) is 17.6. The zero-order valence-corrected chi connectivity index (χ0v) is 21.9. The molecule has 3 aromatic rings. The summed E-state index contributed by atoms with van der Waals surface area (Å²) in [6.45, 7) is 4.90. The summed E-state index contributed by atoms with van der Waals surface area (Å²) in [5.74, 6) is -1.74. The number of benzene rings is 3. The fraction of sp³-hybridized carbons (Fsp3) is 0.438. The third-order valence-corrected chi connectivity index (χ3v) is 7.31. The quantitative estimate of drug-likeness (QED) is 0.239. The van der Waals surface area contributed by atoms with Gasteiger partial charge in [0.05, 0.1) is 19.3 Å². The van der Waals surface area contributed by atoms with Gasteiger partial charge in [0.1, 0.15) is 5.82 Å². The van der Waals surface area contributed by atoms with Crippen LogP contribution in [0.4, 0.5) is 13.2 Å². The maximum absolute atomic E-state index is 15.1. The maximum atomic E-state index is 15.1. The molecule has 4 rings (SSSR count). The van der Waals surface area contributed by atoms with Crippen LogP contribution < -0.4 is 4.74 Å². The van der Waals surface area contributed by atoms with Gasteiger partial charge in [-0.1, -0.05) is 75.4 Å². The van der Waals surface area contributed by atoms with Crippen LogP contribution in [0, 0.1) is 23.4 Å². The van der Waals surface area contributed by atoms with E-state index >= 15 is 4.39 Å². The summed E-state index contributed by atoms with van der Waals surface area (Å²) < 4.78 is 55.2. The Morgan fingerprint density at radius 2 is 1.51 bits per heavy atom. The predicted octanol–water partition coefficient (Wildman–Crippen LogP) is 9.66. The van der Waals surface area contributed by atoms with Gasteiger partial charge in [-0.2, -0.15) is 4.39 Å². The molecule has 37 heavy (non-hydrogen) atoms. The highest BCUT2D eigenvalue weighted by atomic mass is 19.2. The Morgan fingerprint density at radius 3 is 2.19 bits per heavy atom. The lowest BCUT2D eigenvalue weighted by molar-refractivity contribution is -0.0215. The van der Waals surface area contributed by atoms with Crippen LogP contribution in [-0.2, 0) is 4.74 Å². The Morgan fingerprint density at radius 1 is 0.784 bits per heavy atom. The van der Waals surface area contributed by atoms with Gasteiger partial charge in [-0.15, -0.1) is 0 Å². The molecule has 0 bridgehead atoms. The smallest absolute Gasteiger partial charge is 0.201 e. The summed E-state index contributed by atoms with van der Waals surface area (Å²) in [4.78, 5) is 0. The highest BCUT2D eigenvalue weighted by Crippen LogP contribution is 2.36. The SMILES string of the molecule is CCCCCCCC1CCC(c2ccc(-c3ccc(-c4ccc(OCC)c(F)c4F)cc3)cc2F)OC1. The Labute approximate surface area is 218 Å². The van der Waals surface area contributed by atoms with Gasteiger partial charge in [-0.3, -0.25) is 0 Å². The van der Waals surface area contributed by atoms with Gasteiger partial charge >= 0.3 is 0 Å². The van der Waals surface area contributed by atoms with Crippen LogP contribution >= 0.6 is 0 Å². The maximum Gasteiger partial charge on any atom is 0.201 e. The minimum absolute atomic E-state index is 0.101. The Bertz CT molecular complexity index is 1150. The van der Waals surface area contributed by atoms with Crippen molar-refractivity contribution in [1.82, 2.24) is 0 Å². The van der Waals surface area contributed by atoms with Crippen LogP contribution in [0.2, 0.25) is 0 Å². The molecular formula is C32H37F3O2. The van der Waals surface area contributed by atoms with Crippen LogP contribution in [0.15, 0.2) is 54.6 Å². The van der Waals surface area contributed by atoms with Crippen molar-refractivity contribution >= 4 is 0 Å². The zero-order chi connectivity index (χ0) is 26.2. The van der Waals surface area contributed by atoms with Crippen LogP contribution in [-0.4, -0.2) is 13.2 Å². The molecule has 198 valence electrons. The molecule has 1 saturated heterocycles. The van der Waals surface area contributed by atoms with E-state index in [1.165, 1.54) is 56.7 Å². The van der Waals surface area contributed by atoms with Crippen molar-refractivity contribution in [2.45, 2.75) is 71.3 Å². The summed E-state index contributed by atoms with van der Waals surface area (Å²) in [5.41, 5.74) is 2.83. The number of unbranched alkanes of at least 4 members (excludes halogenated alkanes) is 4. The van der Waals surface area contributed by atoms with Crippen molar-refractivity contribution in [2.24, 2.45) is 5.92 Å². The van der Waals surface area contributed by atoms with E-state index in [2.05, 4.69) is 6.92 Å². The topological polar surface area (TPSA) is 18.5 Å². The van der Waals surface area contributed by atoms with Gasteiger partial charge in [-0.25, -0.2) is 8.78 Å². The molecule has 3 aromatic carbocycles. The number of hydrogen-bond donors (Lipinski definition) is 0.